The number of nitrogens with zero attached hydrogens (tertiary/aromatic N) is 4. The Bertz CT molecular complexity index is 1100. The molecular weight excluding hydrogens is 432 g/mol. The summed E-state index contributed by atoms with van der Waals surface area (Å²) in [5.74, 6) is -1.16. The van der Waals surface area contributed by atoms with Crippen molar-refractivity contribution in [2.75, 3.05) is 23.3 Å². The molecule has 0 aliphatic carbocycles. The van der Waals surface area contributed by atoms with Crippen LogP contribution in [0.3, 0.4) is 0 Å². The van der Waals surface area contributed by atoms with Crippen LogP contribution in [0.2, 0.25) is 0 Å². The Kier molecular flexibility index (Phi) is 6.74. The van der Waals surface area contributed by atoms with E-state index in [1.807, 2.05) is 35.8 Å². The van der Waals surface area contributed by atoms with Crippen LogP contribution in [-0.4, -0.2) is 39.0 Å². The van der Waals surface area contributed by atoms with Crippen LogP contribution < -0.4 is 10.2 Å². The number of hydrogen-bond acceptors (Lipinski definition) is 5. The Labute approximate surface area is 190 Å². The highest BCUT2D eigenvalue weighted by Crippen LogP contribution is 2.31. The van der Waals surface area contributed by atoms with Gasteiger partial charge in [0.2, 0.25) is 11.9 Å². The minimum atomic E-state index is -0.814. The van der Waals surface area contributed by atoms with Gasteiger partial charge in [0.25, 0.3) is 0 Å². The van der Waals surface area contributed by atoms with Gasteiger partial charge in [-0.2, -0.15) is 0 Å². The maximum absolute atomic E-state index is 13.9. The van der Waals surface area contributed by atoms with Gasteiger partial charge in [0.1, 0.15) is 11.6 Å². The topological polar surface area (TPSA) is 63.1 Å². The van der Waals surface area contributed by atoms with Crippen molar-refractivity contribution >= 4 is 29.3 Å². The van der Waals surface area contributed by atoms with Gasteiger partial charge in [0.05, 0.1) is 16.6 Å². The average Bonchev–Trinajstić information content (AvgIpc) is 3.20. The second-order valence-electron chi connectivity index (χ2n) is 7.87. The van der Waals surface area contributed by atoms with Crippen molar-refractivity contribution < 1.29 is 13.6 Å². The lowest BCUT2D eigenvalue weighted by molar-refractivity contribution is -0.115. The predicted octanol–water partition coefficient (Wildman–Crippen LogP) is 4.96. The van der Waals surface area contributed by atoms with Gasteiger partial charge in [-0.1, -0.05) is 29.5 Å². The summed E-state index contributed by atoms with van der Waals surface area (Å²) < 4.78 is 29.0. The number of thioether (sulfide) groups is 1. The third-order valence-electron chi connectivity index (χ3n) is 5.39. The summed E-state index contributed by atoms with van der Waals surface area (Å²) in [6.45, 7) is 5.57. The first-order valence-corrected chi connectivity index (χ1v) is 11.5. The monoisotopic (exact) mass is 457 g/mol. The molecule has 2 aromatic carbocycles. The van der Waals surface area contributed by atoms with E-state index in [0.717, 1.165) is 55.3 Å². The second-order valence-corrected chi connectivity index (χ2v) is 9.18. The molecule has 0 radical (unpaired) electrons. The summed E-state index contributed by atoms with van der Waals surface area (Å²) >= 11 is 1.24. The maximum Gasteiger partial charge on any atom is 0.237 e. The zero-order valence-corrected chi connectivity index (χ0v) is 18.8. The highest BCUT2D eigenvalue weighted by Gasteiger charge is 2.25. The number of aryl methyl sites for hydroxylation is 1. The average molecular weight is 458 g/mol. The molecule has 0 spiro atoms. The van der Waals surface area contributed by atoms with E-state index in [-0.39, 0.29) is 5.69 Å². The minimum absolute atomic E-state index is 0.0575. The number of hydrogen-bond donors (Lipinski definition) is 1. The van der Waals surface area contributed by atoms with Gasteiger partial charge in [-0.15, -0.1) is 10.2 Å². The van der Waals surface area contributed by atoms with Crippen LogP contribution in [0.1, 0.15) is 31.7 Å². The van der Waals surface area contributed by atoms with E-state index in [9.17, 15) is 13.6 Å². The Hall–Kier alpha value is -2.94. The molecule has 1 atom stereocenters. The maximum atomic E-state index is 13.9. The predicted molar refractivity (Wildman–Crippen MR) is 122 cm³/mol. The highest BCUT2D eigenvalue weighted by molar-refractivity contribution is 8.00. The Balaban J connectivity index is 1.58. The van der Waals surface area contributed by atoms with Gasteiger partial charge in [-0.25, -0.2) is 8.78 Å². The molecule has 1 saturated heterocycles. The van der Waals surface area contributed by atoms with E-state index in [0.29, 0.717) is 5.16 Å². The van der Waals surface area contributed by atoms with Gasteiger partial charge in [-0.3, -0.25) is 9.36 Å². The van der Waals surface area contributed by atoms with Gasteiger partial charge >= 0.3 is 0 Å². The van der Waals surface area contributed by atoms with E-state index in [2.05, 4.69) is 20.4 Å². The molecule has 1 fully saturated rings. The molecule has 3 aromatic rings. The van der Waals surface area contributed by atoms with Gasteiger partial charge in [0.15, 0.2) is 5.16 Å². The third-order valence-corrected chi connectivity index (χ3v) is 6.43. The lowest BCUT2D eigenvalue weighted by Crippen LogP contribution is -2.31. The number of amides is 1. The van der Waals surface area contributed by atoms with Gasteiger partial charge < -0.3 is 10.2 Å². The Morgan fingerprint density at radius 3 is 2.47 bits per heavy atom. The van der Waals surface area contributed by atoms with E-state index in [1.54, 1.807) is 6.92 Å². The van der Waals surface area contributed by atoms with Crippen molar-refractivity contribution in [3.05, 3.63) is 59.7 Å². The zero-order chi connectivity index (χ0) is 22.7. The smallest absolute Gasteiger partial charge is 0.237 e. The molecule has 1 aromatic heterocycles. The molecular formula is C23H25F2N5OS. The summed E-state index contributed by atoms with van der Waals surface area (Å²) in [4.78, 5) is 14.9. The number of rotatable bonds is 6. The van der Waals surface area contributed by atoms with Crippen molar-refractivity contribution in [2.45, 2.75) is 43.5 Å². The van der Waals surface area contributed by atoms with Crippen LogP contribution in [0, 0.1) is 18.6 Å². The lowest BCUT2D eigenvalue weighted by Gasteiger charge is -2.28. The van der Waals surface area contributed by atoms with Crippen molar-refractivity contribution in [1.82, 2.24) is 14.8 Å². The fourth-order valence-corrected chi connectivity index (χ4v) is 4.46. The molecule has 1 N–H and O–H groups in total. The molecule has 0 bridgehead atoms. The summed E-state index contributed by atoms with van der Waals surface area (Å²) in [5.41, 5.74) is 2.00. The lowest BCUT2D eigenvalue weighted by atomic mass is 10.1. The molecule has 1 unspecified atom stereocenters. The number of carbonyl (C=O) groups is 1. The highest BCUT2D eigenvalue weighted by atomic mass is 32.2. The van der Waals surface area contributed by atoms with Crippen LogP contribution in [0.4, 0.5) is 20.4 Å². The first kappa shape index (κ1) is 22.3. The van der Waals surface area contributed by atoms with E-state index in [1.165, 1.54) is 24.2 Å². The van der Waals surface area contributed by atoms with Crippen LogP contribution >= 0.6 is 11.8 Å². The number of halogens is 2. The first-order chi connectivity index (χ1) is 15.4. The van der Waals surface area contributed by atoms with Crippen LogP contribution in [-0.2, 0) is 4.79 Å². The molecule has 1 aliphatic rings. The molecule has 1 aliphatic heterocycles. The molecule has 1 amide bonds. The molecule has 168 valence electrons. The quantitative estimate of drug-likeness (QED) is 0.530. The first-order valence-electron chi connectivity index (χ1n) is 10.6. The normalized spacial score (nSPS) is 14.9. The zero-order valence-electron chi connectivity index (χ0n) is 18.0. The van der Waals surface area contributed by atoms with Crippen molar-refractivity contribution in [3.63, 3.8) is 0 Å². The number of aromatic nitrogens is 3. The van der Waals surface area contributed by atoms with Crippen LogP contribution in [0.15, 0.2) is 47.6 Å². The summed E-state index contributed by atoms with van der Waals surface area (Å²) in [6, 6.07) is 11.1. The van der Waals surface area contributed by atoms with Crippen molar-refractivity contribution in [3.8, 4) is 5.69 Å². The van der Waals surface area contributed by atoms with E-state index >= 15 is 0 Å². The second kappa shape index (κ2) is 9.68. The van der Waals surface area contributed by atoms with E-state index in [4.69, 9.17) is 0 Å². The van der Waals surface area contributed by atoms with Crippen molar-refractivity contribution in [2.24, 2.45) is 0 Å². The van der Waals surface area contributed by atoms with Gasteiger partial charge in [-0.05, 0) is 57.4 Å². The summed E-state index contributed by atoms with van der Waals surface area (Å²) in [5, 5.41) is 11.3. The molecule has 6 nitrogen and oxygen atoms in total. The standard InChI is InChI=1S/C23H25F2N5OS/c1-15-6-9-18(10-7-15)30-22(29-12-4-3-5-13-29)27-28-23(30)32-16(2)21(31)26-20-11-8-17(24)14-19(20)25/h6-11,14,16H,3-5,12-13H2,1-2H3,(H,26,31). The summed E-state index contributed by atoms with van der Waals surface area (Å²) in [6.07, 6.45) is 3.41. The third kappa shape index (κ3) is 4.93. The molecule has 2 heterocycles. The molecule has 9 heteroatoms. The van der Waals surface area contributed by atoms with E-state index < -0.39 is 22.8 Å². The Morgan fingerprint density at radius 2 is 1.78 bits per heavy atom. The summed E-state index contributed by atoms with van der Waals surface area (Å²) in [7, 11) is 0. The number of benzene rings is 2. The number of piperidine rings is 1. The fourth-order valence-electron chi connectivity index (χ4n) is 3.59. The van der Waals surface area contributed by atoms with Crippen molar-refractivity contribution in [1.29, 1.82) is 0 Å². The van der Waals surface area contributed by atoms with Crippen LogP contribution in [0.5, 0.6) is 0 Å². The van der Waals surface area contributed by atoms with Crippen LogP contribution in [0.25, 0.3) is 5.69 Å². The number of carbonyl (C=O) groups excluding carboxylic acids is 1. The number of nitrogens with one attached hydrogen (secondary N) is 1. The molecule has 0 saturated carbocycles. The largest absolute Gasteiger partial charge is 0.341 e. The molecule has 4 rings (SSSR count). The fraction of sp³-hybridized carbons (Fsp3) is 0.348. The van der Waals surface area contributed by atoms with Gasteiger partial charge in [0, 0.05) is 19.2 Å². The number of anilines is 2. The Morgan fingerprint density at radius 1 is 1.06 bits per heavy atom. The minimum Gasteiger partial charge on any atom is -0.341 e. The molecule has 32 heavy (non-hydrogen) atoms. The SMILES string of the molecule is Cc1ccc(-n2c(SC(C)C(=O)Nc3ccc(F)cc3F)nnc2N2CCCCC2)cc1.